The van der Waals surface area contributed by atoms with Crippen LogP contribution >= 0.6 is 0 Å². The van der Waals surface area contributed by atoms with Gasteiger partial charge < -0.3 is 10.8 Å². The number of nitrogens with two attached hydrogens (primary N) is 1. The van der Waals surface area contributed by atoms with Gasteiger partial charge in [0.15, 0.2) is 17.5 Å². The van der Waals surface area contributed by atoms with E-state index in [4.69, 9.17) is 10.8 Å². The Kier molecular flexibility index (Phi) is 2.88. The predicted molar refractivity (Wildman–Crippen MR) is 46.5 cm³/mol. The summed E-state index contributed by atoms with van der Waals surface area (Å²) < 4.78 is 39.0. The van der Waals surface area contributed by atoms with Gasteiger partial charge in [-0.3, -0.25) is 4.79 Å². The van der Waals surface area contributed by atoms with Crippen LogP contribution in [0.4, 0.5) is 13.2 Å². The second-order valence-electron chi connectivity index (χ2n) is 2.99. The molecule has 0 spiro atoms. The van der Waals surface area contributed by atoms with Gasteiger partial charge in [-0.25, -0.2) is 18.0 Å². The third kappa shape index (κ3) is 1.60. The molecule has 86 valence electrons. The summed E-state index contributed by atoms with van der Waals surface area (Å²) in [5.41, 5.74) is 2.02. The van der Waals surface area contributed by atoms with Crippen molar-refractivity contribution in [2.75, 3.05) is 0 Å². The highest BCUT2D eigenvalue weighted by molar-refractivity contribution is 6.05. The fraction of sp³-hybridized carbons (Fsp3) is 0.111. The monoisotopic (exact) mass is 233 g/mol. The maximum Gasteiger partial charge on any atom is 0.339 e. The van der Waals surface area contributed by atoms with E-state index in [1.807, 2.05) is 0 Å². The third-order valence-electron chi connectivity index (χ3n) is 2.02. The Morgan fingerprint density at radius 1 is 1.06 bits per heavy atom. The maximum absolute atomic E-state index is 13.1. The fourth-order valence-electron chi connectivity index (χ4n) is 1.29. The lowest BCUT2D eigenvalue weighted by Gasteiger charge is -2.09. The molecule has 0 bridgehead atoms. The quantitative estimate of drug-likeness (QED) is 0.753. The summed E-state index contributed by atoms with van der Waals surface area (Å²) in [6.07, 6.45) is 0. The summed E-state index contributed by atoms with van der Waals surface area (Å²) in [6, 6.07) is 0. The Labute approximate surface area is 87.5 Å². The molecule has 1 aromatic carbocycles. The standard InChI is InChI=1S/C9H6F3NO3/c1-2-3(8(13)14)4(9(15)16)6(11)7(12)5(2)10/h1H3,(H2,13,14)(H,15,16). The molecule has 4 nitrogen and oxygen atoms in total. The highest BCUT2D eigenvalue weighted by Gasteiger charge is 2.29. The number of carboxylic acids is 1. The van der Waals surface area contributed by atoms with Gasteiger partial charge in [0.1, 0.15) is 5.56 Å². The summed E-state index contributed by atoms with van der Waals surface area (Å²) in [5.74, 6) is -8.75. The van der Waals surface area contributed by atoms with E-state index in [2.05, 4.69) is 0 Å². The van der Waals surface area contributed by atoms with E-state index in [-0.39, 0.29) is 0 Å². The summed E-state index contributed by atoms with van der Waals surface area (Å²) in [4.78, 5) is 21.5. The van der Waals surface area contributed by atoms with Gasteiger partial charge in [-0.1, -0.05) is 0 Å². The lowest BCUT2D eigenvalue weighted by Crippen LogP contribution is -2.21. The highest BCUT2D eigenvalue weighted by atomic mass is 19.2. The number of carbonyl (C=O) groups is 2. The van der Waals surface area contributed by atoms with Crippen LogP contribution in [0.15, 0.2) is 0 Å². The minimum atomic E-state index is -1.94. The molecule has 7 heteroatoms. The first-order valence-electron chi connectivity index (χ1n) is 3.99. The van der Waals surface area contributed by atoms with Gasteiger partial charge in [-0.15, -0.1) is 0 Å². The van der Waals surface area contributed by atoms with Gasteiger partial charge in [0.25, 0.3) is 0 Å². The van der Waals surface area contributed by atoms with Crippen molar-refractivity contribution < 1.29 is 27.9 Å². The molecule has 0 saturated carbocycles. The van der Waals surface area contributed by atoms with E-state index < -0.39 is 46.0 Å². The molecular formula is C9H6F3NO3. The summed E-state index contributed by atoms with van der Waals surface area (Å²) in [6.45, 7) is 0.935. The molecule has 0 aromatic heterocycles. The van der Waals surface area contributed by atoms with Gasteiger partial charge in [-0.2, -0.15) is 0 Å². The zero-order valence-electron chi connectivity index (χ0n) is 7.97. The van der Waals surface area contributed by atoms with Crippen LogP contribution in [0.5, 0.6) is 0 Å². The molecule has 16 heavy (non-hydrogen) atoms. The molecule has 1 rings (SSSR count). The minimum Gasteiger partial charge on any atom is -0.478 e. The molecule has 0 heterocycles. The molecule has 0 unspecified atom stereocenters. The van der Waals surface area contributed by atoms with Crippen molar-refractivity contribution in [3.8, 4) is 0 Å². The number of carbonyl (C=O) groups excluding carboxylic acids is 1. The van der Waals surface area contributed by atoms with Crippen molar-refractivity contribution in [3.05, 3.63) is 34.1 Å². The van der Waals surface area contributed by atoms with E-state index in [1.165, 1.54) is 0 Å². The van der Waals surface area contributed by atoms with Crippen LogP contribution in [0.2, 0.25) is 0 Å². The lowest BCUT2D eigenvalue weighted by atomic mass is 9.99. The molecule has 0 aliphatic carbocycles. The van der Waals surface area contributed by atoms with E-state index in [0.717, 1.165) is 6.92 Å². The summed E-state index contributed by atoms with van der Waals surface area (Å²) in [5, 5.41) is 8.60. The fourth-order valence-corrected chi connectivity index (χ4v) is 1.29. The Morgan fingerprint density at radius 2 is 1.56 bits per heavy atom. The van der Waals surface area contributed by atoms with Crippen LogP contribution in [0.1, 0.15) is 26.3 Å². The topological polar surface area (TPSA) is 80.4 Å². The largest absolute Gasteiger partial charge is 0.478 e. The zero-order chi connectivity index (χ0) is 12.6. The van der Waals surface area contributed by atoms with Gasteiger partial charge in [0, 0.05) is 5.56 Å². The van der Waals surface area contributed by atoms with Crippen LogP contribution in [0, 0.1) is 24.4 Å². The molecule has 0 fully saturated rings. The normalized spacial score (nSPS) is 10.2. The number of aromatic carboxylic acids is 1. The van der Waals surface area contributed by atoms with E-state index in [1.54, 1.807) is 0 Å². The average molecular weight is 233 g/mol. The van der Waals surface area contributed by atoms with Crippen LogP contribution in [-0.2, 0) is 0 Å². The van der Waals surface area contributed by atoms with Crippen LogP contribution in [-0.4, -0.2) is 17.0 Å². The second kappa shape index (κ2) is 3.84. The highest BCUT2D eigenvalue weighted by Crippen LogP contribution is 2.24. The Bertz CT molecular complexity index is 455. The third-order valence-corrected chi connectivity index (χ3v) is 2.02. The van der Waals surface area contributed by atoms with Crippen molar-refractivity contribution in [2.24, 2.45) is 5.73 Å². The molecule has 0 saturated heterocycles. The first-order valence-corrected chi connectivity index (χ1v) is 3.99. The zero-order valence-corrected chi connectivity index (χ0v) is 7.97. The number of carboxylic acid groups (broad SMARTS) is 1. The first-order chi connectivity index (χ1) is 7.29. The van der Waals surface area contributed by atoms with Gasteiger partial charge in [-0.05, 0) is 6.92 Å². The summed E-state index contributed by atoms with van der Waals surface area (Å²) in [7, 11) is 0. The number of hydrogen-bond acceptors (Lipinski definition) is 2. The van der Waals surface area contributed by atoms with Crippen molar-refractivity contribution in [3.63, 3.8) is 0 Å². The molecule has 0 atom stereocenters. The number of amides is 1. The average Bonchev–Trinajstić information content (AvgIpc) is 2.18. The van der Waals surface area contributed by atoms with Crippen molar-refractivity contribution in [2.45, 2.75) is 6.92 Å². The molecule has 3 N–H and O–H groups in total. The van der Waals surface area contributed by atoms with Gasteiger partial charge >= 0.3 is 5.97 Å². The maximum atomic E-state index is 13.1. The molecule has 1 amide bonds. The smallest absolute Gasteiger partial charge is 0.339 e. The van der Waals surface area contributed by atoms with Crippen LogP contribution in [0.25, 0.3) is 0 Å². The van der Waals surface area contributed by atoms with E-state index >= 15 is 0 Å². The lowest BCUT2D eigenvalue weighted by molar-refractivity contribution is 0.0685. The molecule has 0 aliphatic heterocycles. The van der Waals surface area contributed by atoms with Gasteiger partial charge in [0.05, 0.1) is 5.56 Å². The number of halogens is 3. The Hall–Kier alpha value is -2.05. The van der Waals surface area contributed by atoms with Crippen LogP contribution < -0.4 is 5.73 Å². The number of benzene rings is 1. The number of hydrogen-bond donors (Lipinski definition) is 2. The molecule has 0 radical (unpaired) electrons. The SMILES string of the molecule is Cc1c(F)c(F)c(F)c(C(=O)O)c1C(N)=O. The minimum absolute atomic E-state index is 0.635. The first kappa shape index (κ1) is 12.0. The Morgan fingerprint density at radius 3 is 1.94 bits per heavy atom. The predicted octanol–water partition coefficient (Wildman–Crippen LogP) is 1.21. The summed E-state index contributed by atoms with van der Waals surface area (Å²) >= 11 is 0. The Balaban J connectivity index is 3.83. The van der Waals surface area contributed by atoms with E-state index in [0.29, 0.717) is 0 Å². The number of primary amides is 1. The number of rotatable bonds is 2. The van der Waals surface area contributed by atoms with E-state index in [9.17, 15) is 22.8 Å². The molecule has 0 aliphatic rings. The second-order valence-corrected chi connectivity index (χ2v) is 2.99. The van der Waals surface area contributed by atoms with Crippen molar-refractivity contribution in [1.82, 2.24) is 0 Å². The van der Waals surface area contributed by atoms with Gasteiger partial charge in [0.2, 0.25) is 5.91 Å². The van der Waals surface area contributed by atoms with Crippen molar-refractivity contribution >= 4 is 11.9 Å². The molecule has 1 aromatic rings. The molecular weight excluding hydrogens is 227 g/mol. The van der Waals surface area contributed by atoms with Crippen LogP contribution in [0.3, 0.4) is 0 Å². The van der Waals surface area contributed by atoms with Crippen molar-refractivity contribution in [1.29, 1.82) is 0 Å².